The molecule has 0 aromatic carbocycles. The summed E-state index contributed by atoms with van der Waals surface area (Å²) in [6, 6.07) is 0.0446. The number of carbonyl (C=O) groups is 2. The lowest BCUT2D eigenvalue weighted by atomic mass is 9.86. The molecular weight excluding hydrogens is 312 g/mol. The normalized spacial score (nSPS) is 33.2. The highest BCUT2D eigenvalue weighted by atomic mass is 16.7. The van der Waals surface area contributed by atoms with E-state index in [9.17, 15) is 9.59 Å². The maximum atomic E-state index is 12.6. The number of aliphatic carboxylic acids is 1. The molecule has 7 nitrogen and oxygen atoms in total. The first-order valence-electron chi connectivity index (χ1n) is 9.04. The minimum Gasteiger partial charge on any atom is -0.481 e. The molecule has 0 spiro atoms. The van der Waals surface area contributed by atoms with Gasteiger partial charge in [-0.3, -0.25) is 4.79 Å². The van der Waals surface area contributed by atoms with Gasteiger partial charge in [0.2, 0.25) is 0 Å². The first kappa shape index (κ1) is 17.5. The average molecular weight is 340 g/mol. The molecule has 2 saturated heterocycles. The van der Waals surface area contributed by atoms with Gasteiger partial charge in [-0.05, 0) is 45.4 Å². The zero-order chi connectivity index (χ0) is 17.2. The lowest BCUT2D eigenvalue weighted by molar-refractivity contribution is -0.189. The average Bonchev–Trinajstić information content (AvgIpc) is 3.03. The molecule has 0 aromatic heterocycles. The Kier molecular flexibility index (Phi) is 5.30. The topological polar surface area (TPSA) is 88.1 Å². The minimum absolute atomic E-state index is 0.0416. The van der Waals surface area contributed by atoms with Crippen LogP contribution in [-0.2, 0) is 14.3 Å². The molecule has 1 aliphatic carbocycles. The Morgan fingerprint density at radius 2 is 1.79 bits per heavy atom. The number of carboxylic acids is 1. The molecule has 2 aliphatic heterocycles. The van der Waals surface area contributed by atoms with Gasteiger partial charge in [-0.1, -0.05) is 0 Å². The van der Waals surface area contributed by atoms with Crippen molar-refractivity contribution in [3.05, 3.63) is 0 Å². The molecule has 136 valence electrons. The van der Waals surface area contributed by atoms with Crippen LogP contribution in [0, 0.1) is 11.8 Å². The zero-order valence-corrected chi connectivity index (χ0v) is 14.3. The van der Waals surface area contributed by atoms with Gasteiger partial charge in [-0.15, -0.1) is 0 Å². The van der Waals surface area contributed by atoms with Crippen molar-refractivity contribution in [3.63, 3.8) is 0 Å². The largest absolute Gasteiger partial charge is 0.481 e. The number of carbonyl (C=O) groups excluding carboxylic acids is 1. The van der Waals surface area contributed by atoms with Crippen molar-refractivity contribution in [1.82, 2.24) is 10.2 Å². The fraction of sp³-hybridized carbons (Fsp3) is 0.882. The van der Waals surface area contributed by atoms with Crippen LogP contribution in [0.3, 0.4) is 0 Å². The monoisotopic (exact) mass is 340 g/mol. The lowest BCUT2D eigenvalue weighted by Gasteiger charge is -2.40. The Bertz CT molecular complexity index is 470. The van der Waals surface area contributed by atoms with E-state index < -0.39 is 11.8 Å². The van der Waals surface area contributed by atoms with Crippen LogP contribution < -0.4 is 5.32 Å². The van der Waals surface area contributed by atoms with Gasteiger partial charge in [-0.25, -0.2) is 4.79 Å². The second-order valence-electron chi connectivity index (χ2n) is 7.33. The van der Waals surface area contributed by atoms with Crippen LogP contribution in [0.1, 0.15) is 45.4 Å². The maximum absolute atomic E-state index is 12.6. The summed E-state index contributed by atoms with van der Waals surface area (Å²) in [4.78, 5) is 25.4. The summed E-state index contributed by atoms with van der Waals surface area (Å²) in [5.74, 6) is -1.35. The summed E-state index contributed by atoms with van der Waals surface area (Å²) >= 11 is 0. The van der Waals surface area contributed by atoms with E-state index in [1.54, 1.807) is 0 Å². The number of hydrogen-bond donors (Lipinski definition) is 2. The Morgan fingerprint density at radius 3 is 2.42 bits per heavy atom. The van der Waals surface area contributed by atoms with E-state index in [0.29, 0.717) is 32.6 Å². The van der Waals surface area contributed by atoms with Crippen molar-refractivity contribution >= 4 is 12.0 Å². The van der Waals surface area contributed by atoms with Gasteiger partial charge in [0.05, 0.1) is 19.1 Å². The molecule has 1 unspecified atom stereocenters. The molecule has 0 radical (unpaired) electrons. The van der Waals surface area contributed by atoms with Crippen molar-refractivity contribution in [2.24, 2.45) is 11.8 Å². The van der Waals surface area contributed by atoms with Gasteiger partial charge in [-0.2, -0.15) is 0 Å². The van der Waals surface area contributed by atoms with E-state index in [1.807, 2.05) is 11.8 Å². The highest BCUT2D eigenvalue weighted by molar-refractivity contribution is 5.75. The fourth-order valence-corrected chi connectivity index (χ4v) is 4.11. The quantitative estimate of drug-likeness (QED) is 0.818. The number of rotatable bonds is 3. The van der Waals surface area contributed by atoms with Crippen molar-refractivity contribution in [3.8, 4) is 0 Å². The number of ether oxygens (including phenoxy) is 2. The summed E-state index contributed by atoms with van der Waals surface area (Å²) in [5, 5.41) is 12.1. The third-order valence-corrected chi connectivity index (χ3v) is 5.71. The van der Waals surface area contributed by atoms with Gasteiger partial charge in [0, 0.05) is 25.0 Å². The number of amides is 2. The molecular formula is C17H28N2O5. The number of carboxylic acid groups (broad SMARTS) is 1. The smallest absolute Gasteiger partial charge is 0.317 e. The van der Waals surface area contributed by atoms with E-state index >= 15 is 0 Å². The van der Waals surface area contributed by atoms with Gasteiger partial charge in [0.25, 0.3) is 0 Å². The van der Waals surface area contributed by atoms with Gasteiger partial charge < -0.3 is 24.8 Å². The van der Waals surface area contributed by atoms with Gasteiger partial charge in [0.15, 0.2) is 5.79 Å². The van der Waals surface area contributed by atoms with E-state index in [0.717, 1.165) is 32.2 Å². The molecule has 7 heteroatoms. The summed E-state index contributed by atoms with van der Waals surface area (Å²) in [6.45, 7) is 4.60. The molecule has 1 atom stereocenters. The summed E-state index contributed by atoms with van der Waals surface area (Å²) < 4.78 is 11.5. The third-order valence-electron chi connectivity index (χ3n) is 5.71. The number of piperidine rings is 1. The molecule has 3 fully saturated rings. The van der Waals surface area contributed by atoms with Crippen LogP contribution in [0.5, 0.6) is 0 Å². The van der Waals surface area contributed by atoms with Gasteiger partial charge >= 0.3 is 12.0 Å². The second kappa shape index (κ2) is 7.27. The van der Waals surface area contributed by atoms with Crippen LogP contribution in [0.25, 0.3) is 0 Å². The Labute approximate surface area is 142 Å². The lowest BCUT2D eigenvalue weighted by Crippen LogP contribution is -2.53. The Morgan fingerprint density at radius 1 is 1.12 bits per heavy atom. The van der Waals surface area contributed by atoms with Crippen LogP contribution in [0.15, 0.2) is 0 Å². The predicted octanol–water partition coefficient (Wildman–Crippen LogP) is 1.81. The third kappa shape index (κ3) is 3.83. The van der Waals surface area contributed by atoms with Crippen LogP contribution >= 0.6 is 0 Å². The molecule has 0 aromatic rings. The maximum Gasteiger partial charge on any atom is 0.317 e. The first-order valence-corrected chi connectivity index (χ1v) is 9.04. The van der Waals surface area contributed by atoms with E-state index in [4.69, 9.17) is 14.6 Å². The fourth-order valence-electron chi connectivity index (χ4n) is 4.11. The number of likely N-dealkylation sites (tertiary alicyclic amines) is 1. The molecule has 2 heterocycles. The van der Waals surface area contributed by atoms with E-state index in [1.165, 1.54) is 0 Å². The number of nitrogens with zero attached hydrogens (tertiary/aromatic N) is 1. The van der Waals surface area contributed by atoms with E-state index in [2.05, 4.69) is 5.32 Å². The highest BCUT2D eigenvalue weighted by Gasteiger charge is 2.42. The SMILES string of the molecule is CC1(C2CCCN(C(=O)NC3CCC(C(=O)O)CC3)C2)OCCO1. The first-order chi connectivity index (χ1) is 11.5. The van der Waals surface area contributed by atoms with Crippen LogP contribution in [0.2, 0.25) is 0 Å². The second-order valence-corrected chi connectivity index (χ2v) is 7.33. The Balaban J connectivity index is 1.49. The number of nitrogens with one attached hydrogen (secondary N) is 1. The van der Waals surface area contributed by atoms with Crippen molar-refractivity contribution in [2.75, 3.05) is 26.3 Å². The summed E-state index contributed by atoms with van der Waals surface area (Å²) in [7, 11) is 0. The highest BCUT2D eigenvalue weighted by Crippen LogP contribution is 2.34. The standard InChI is InChI=1S/C17H28N2O5/c1-17(23-9-10-24-17)13-3-2-8-19(11-13)16(22)18-14-6-4-12(5-7-14)15(20)21/h12-14H,2-11H2,1H3,(H,18,22)(H,20,21). The molecule has 2 N–H and O–H groups in total. The molecule has 2 amide bonds. The van der Waals surface area contributed by atoms with Crippen LogP contribution in [0.4, 0.5) is 4.79 Å². The molecule has 0 bridgehead atoms. The molecule has 24 heavy (non-hydrogen) atoms. The van der Waals surface area contributed by atoms with Crippen LogP contribution in [-0.4, -0.2) is 60.1 Å². The summed E-state index contributed by atoms with van der Waals surface area (Å²) in [6.07, 6.45) is 4.72. The number of hydrogen-bond acceptors (Lipinski definition) is 4. The Hall–Kier alpha value is -1.34. The minimum atomic E-state index is -0.719. The molecule has 1 saturated carbocycles. The molecule has 3 rings (SSSR count). The van der Waals surface area contributed by atoms with E-state index in [-0.39, 0.29) is 23.9 Å². The van der Waals surface area contributed by atoms with Gasteiger partial charge in [0.1, 0.15) is 0 Å². The zero-order valence-electron chi connectivity index (χ0n) is 14.3. The van der Waals surface area contributed by atoms with Crippen molar-refractivity contribution in [1.29, 1.82) is 0 Å². The number of urea groups is 1. The predicted molar refractivity (Wildman–Crippen MR) is 86.5 cm³/mol. The van der Waals surface area contributed by atoms with Crippen molar-refractivity contribution < 1.29 is 24.2 Å². The summed E-state index contributed by atoms with van der Waals surface area (Å²) in [5.41, 5.74) is 0. The van der Waals surface area contributed by atoms with Crippen molar-refractivity contribution in [2.45, 2.75) is 57.3 Å². The molecule has 3 aliphatic rings.